The second-order valence-electron chi connectivity index (χ2n) is 5.15. The van der Waals surface area contributed by atoms with Gasteiger partial charge in [-0.25, -0.2) is 9.97 Å². The molecule has 0 bridgehead atoms. The highest BCUT2D eigenvalue weighted by molar-refractivity contribution is 7.99. The number of nitrogens with zero attached hydrogens (tertiary/aromatic N) is 4. The van der Waals surface area contributed by atoms with Gasteiger partial charge in [0.15, 0.2) is 5.16 Å². The van der Waals surface area contributed by atoms with Crippen LogP contribution in [0.15, 0.2) is 17.6 Å². The molecule has 2 heterocycles. The van der Waals surface area contributed by atoms with Crippen molar-refractivity contribution in [2.75, 3.05) is 0 Å². The van der Waals surface area contributed by atoms with E-state index in [-0.39, 0.29) is 11.3 Å². The average molecular weight is 291 g/mol. The summed E-state index contributed by atoms with van der Waals surface area (Å²) < 4.78 is 1.79. The Morgan fingerprint density at radius 2 is 1.80 bits per heavy atom. The minimum Gasteiger partial charge on any atom is -0.327 e. The molecule has 0 aliphatic carbocycles. The Morgan fingerprint density at radius 3 is 2.25 bits per heavy atom. The molecule has 2 rings (SSSR count). The van der Waals surface area contributed by atoms with E-state index in [1.165, 1.54) is 0 Å². The van der Waals surface area contributed by atoms with Crippen molar-refractivity contribution in [3.63, 3.8) is 0 Å². The maximum atomic E-state index is 6.12. The Hall–Kier alpha value is -1.40. The molecule has 5 nitrogen and oxygen atoms in total. The minimum atomic E-state index is -0.00489. The van der Waals surface area contributed by atoms with E-state index in [9.17, 15) is 0 Å². The molecule has 2 aromatic heterocycles. The molecular formula is C14H21N5S. The van der Waals surface area contributed by atoms with Gasteiger partial charge in [0, 0.05) is 36.2 Å². The van der Waals surface area contributed by atoms with Crippen LogP contribution in [0.2, 0.25) is 0 Å². The van der Waals surface area contributed by atoms with Gasteiger partial charge in [-0.2, -0.15) is 5.10 Å². The Balaban J connectivity index is 2.29. The van der Waals surface area contributed by atoms with Crippen molar-refractivity contribution in [2.24, 2.45) is 12.8 Å². The summed E-state index contributed by atoms with van der Waals surface area (Å²) in [6.45, 7) is 8.07. The largest absolute Gasteiger partial charge is 0.327 e. The molecule has 2 N–H and O–H groups in total. The molecule has 6 heteroatoms. The van der Waals surface area contributed by atoms with Crippen LogP contribution in [-0.4, -0.2) is 25.8 Å². The van der Waals surface area contributed by atoms with Crippen molar-refractivity contribution in [2.45, 2.75) is 44.1 Å². The molecule has 0 aliphatic heterocycles. The molecule has 2 aromatic rings. The molecule has 2 unspecified atom stereocenters. The molecule has 0 aliphatic rings. The van der Waals surface area contributed by atoms with Gasteiger partial charge in [-0.15, -0.1) is 0 Å². The van der Waals surface area contributed by atoms with Crippen LogP contribution >= 0.6 is 11.8 Å². The topological polar surface area (TPSA) is 69.6 Å². The van der Waals surface area contributed by atoms with Gasteiger partial charge in [0.2, 0.25) is 0 Å². The van der Waals surface area contributed by atoms with E-state index in [1.54, 1.807) is 16.4 Å². The second-order valence-corrected chi connectivity index (χ2v) is 6.26. The van der Waals surface area contributed by atoms with Crippen LogP contribution in [0, 0.1) is 20.8 Å². The van der Waals surface area contributed by atoms with Gasteiger partial charge in [-0.1, -0.05) is 11.8 Å². The van der Waals surface area contributed by atoms with Crippen LogP contribution in [-0.2, 0) is 7.05 Å². The maximum absolute atomic E-state index is 6.12. The van der Waals surface area contributed by atoms with Gasteiger partial charge >= 0.3 is 0 Å². The van der Waals surface area contributed by atoms with E-state index >= 15 is 0 Å². The lowest BCUT2D eigenvalue weighted by Crippen LogP contribution is -2.22. The molecule has 2 atom stereocenters. The van der Waals surface area contributed by atoms with Gasteiger partial charge in [0.1, 0.15) is 0 Å². The summed E-state index contributed by atoms with van der Waals surface area (Å²) in [5.74, 6) is 0. The van der Waals surface area contributed by atoms with Crippen LogP contribution in [0.1, 0.15) is 34.7 Å². The lowest BCUT2D eigenvalue weighted by molar-refractivity contribution is 0.714. The van der Waals surface area contributed by atoms with E-state index in [0.29, 0.717) is 0 Å². The molecule has 0 fully saturated rings. The third kappa shape index (κ3) is 3.19. The molecule has 0 aromatic carbocycles. The summed E-state index contributed by atoms with van der Waals surface area (Å²) in [5, 5.41) is 5.09. The Labute approximate surface area is 124 Å². The van der Waals surface area contributed by atoms with Crippen LogP contribution in [0.5, 0.6) is 0 Å². The lowest BCUT2D eigenvalue weighted by Gasteiger charge is -2.18. The highest BCUT2D eigenvalue weighted by Gasteiger charge is 2.21. The first-order chi connectivity index (χ1) is 9.38. The Bertz CT molecular complexity index is 582. The molecule has 0 amide bonds. The summed E-state index contributed by atoms with van der Waals surface area (Å²) >= 11 is 1.60. The smallest absolute Gasteiger partial charge is 0.188 e. The lowest BCUT2D eigenvalue weighted by atomic mass is 10.1. The summed E-state index contributed by atoms with van der Waals surface area (Å²) in [7, 11) is 1.91. The normalized spacial score (nSPS) is 14.3. The number of rotatable bonds is 4. The monoisotopic (exact) mass is 291 g/mol. The Morgan fingerprint density at radius 1 is 1.20 bits per heavy atom. The molecule has 20 heavy (non-hydrogen) atoms. The fourth-order valence-electron chi connectivity index (χ4n) is 1.97. The second kappa shape index (κ2) is 5.93. The number of aromatic nitrogens is 4. The first-order valence-corrected chi connectivity index (χ1v) is 7.49. The third-order valence-electron chi connectivity index (χ3n) is 3.38. The fraction of sp³-hybridized carbons (Fsp3) is 0.500. The van der Waals surface area contributed by atoms with Crippen LogP contribution in [0.3, 0.4) is 0 Å². The zero-order valence-electron chi connectivity index (χ0n) is 12.6. The van der Waals surface area contributed by atoms with Crippen molar-refractivity contribution in [3.8, 4) is 0 Å². The van der Waals surface area contributed by atoms with E-state index < -0.39 is 0 Å². The number of hydrogen-bond donors (Lipinski definition) is 1. The van der Waals surface area contributed by atoms with Crippen LogP contribution in [0.4, 0.5) is 0 Å². The van der Waals surface area contributed by atoms with Crippen LogP contribution in [0.25, 0.3) is 0 Å². The van der Waals surface area contributed by atoms with Gasteiger partial charge in [0.25, 0.3) is 0 Å². The maximum Gasteiger partial charge on any atom is 0.188 e. The first kappa shape index (κ1) is 15.0. The predicted octanol–water partition coefficient (Wildman–Crippen LogP) is 2.32. The third-order valence-corrected chi connectivity index (χ3v) is 4.72. The molecule has 0 radical (unpaired) electrons. The average Bonchev–Trinajstić information content (AvgIpc) is 2.79. The number of nitrogens with two attached hydrogens (primary N) is 1. The molecule has 0 saturated heterocycles. The van der Waals surface area contributed by atoms with Crippen molar-refractivity contribution < 1.29 is 0 Å². The summed E-state index contributed by atoms with van der Waals surface area (Å²) in [5.41, 5.74) is 10.4. The van der Waals surface area contributed by atoms with E-state index in [0.717, 1.165) is 27.7 Å². The van der Waals surface area contributed by atoms with Crippen molar-refractivity contribution >= 4 is 11.8 Å². The van der Waals surface area contributed by atoms with E-state index in [1.807, 2.05) is 47.1 Å². The molecule has 0 spiro atoms. The van der Waals surface area contributed by atoms with Gasteiger partial charge in [-0.3, -0.25) is 4.68 Å². The predicted molar refractivity (Wildman–Crippen MR) is 81.7 cm³/mol. The fourth-order valence-corrected chi connectivity index (χ4v) is 3.05. The van der Waals surface area contributed by atoms with E-state index in [2.05, 4.69) is 15.1 Å². The zero-order chi connectivity index (χ0) is 14.9. The quantitative estimate of drug-likeness (QED) is 0.691. The molecular weight excluding hydrogens is 270 g/mol. The molecule has 108 valence electrons. The van der Waals surface area contributed by atoms with E-state index in [4.69, 9.17) is 5.73 Å². The van der Waals surface area contributed by atoms with Gasteiger partial charge < -0.3 is 5.73 Å². The van der Waals surface area contributed by atoms with Crippen molar-refractivity contribution in [1.82, 2.24) is 19.7 Å². The highest BCUT2D eigenvalue weighted by atomic mass is 32.2. The zero-order valence-corrected chi connectivity index (χ0v) is 13.4. The number of hydrogen-bond acceptors (Lipinski definition) is 5. The van der Waals surface area contributed by atoms with Gasteiger partial charge in [0.05, 0.1) is 11.4 Å². The first-order valence-electron chi connectivity index (χ1n) is 6.61. The van der Waals surface area contributed by atoms with Gasteiger partial charge in [-0.05, 0) is 33.3 Å². The standard InChI is InChI=1S/C14H21N5S/c1-8-10(3)17-14(18-11(8)4)20-13(9(2)15)12-6-16-19(5)7-12/h6-7,9,13H,15H2,1-5H3. The number of aryl methyl sites for hydroxylation is 3. The molecule has 0 saturated carbocycles. The SMILES string of the molecule is Cc1nc(SC(c2cnn(C)c2)C(C)N)nc(C)c1C. The summed E-state index contributed by atoms with van der Waals surface area (Å²) in [6.07, 6.45) is 3.85. The summed E-state index contributed by atoms with van der Waals surface area (Å²) in [6, 6.07) is -0.00489. The summed E-state index contributed by atoms with van der Waals surface area (Å²) in [4.78, 5) is 9.11. The highest BCUT2D eigenvalue weighted by Crippen LogP contribution is 2.35. The van der Waals surface area contributed by atoms with Crippen LogP contribution < -0.4 is 5.73 Å². The minimum absolute atomic E-state index is 0.00489. The Kier molecular flexibility index (Phi) is 4.45. The number of thioether (sulfide) groups is 1. The van der Waals surface area contributed by atoms with Crippen molar-refractivity contribution in [3.05, 3.63) is 34.9 Å². The van der Waals surface area contributed by atoms with Crippen molar-refractivity contribution in [1.29, 1.82) is 0 Å².